The van der Waals surface area contributed by atoms with Crippen LogP contribution in [0.3, 0.4) is 0 Å². The zero-order chi connectivity index (χ0) is 12.8. The second-order valence-electron chi connectivity index (χ2n) is 5.82. The predicted octanol–water partition coefficient (Wildman–Crippen LogP) is 2.16. The Morgan fingerprint density at radius 2 is 2.06 bits per heavy atom. The number of rotatable bonds is 2. The molecule has 1 aromatic carbocycles. The van der Waals surface area contributed by atoms with Gasteiger partial charge in [0.2, 0.25) is 0 Å². The molecule has 3 rings (SSSR count). The maximum Gasteiger partial charge on any atom is 0.124 e. The van der Waals surface area contributed by atoms with E-state index in [9.17, 15) is 5.11 Å². The molecule has 98 valence electrons. The third kappa shape index (κ3) is 1.53. The van der Waals surface area contributed by atoms with Gasteiger partial charge < -0.3 is 15.7 Å². The lowest BCUT2D eigenvalue weighted by molar-refractivity contribution is 0.403. The van der Waals surface area contributed by atoms with Crippen LogP contribution in [0.4, 0.5) is 5.69 Å². The average molecular weight is 246 g/mol. The number of phenolic OH excluding ortho intramolecular Hbond substituents is 1. The van der Waals surface area contributed by atoms with Gasteiger partial charge >= 0.3 is 0 Å². The summed E-state index contributed by atoms with van der Waals surface area (Å²) in [6, 6.07) is 4.27. The number of anilines is 1. The smallest absolute Gasteiger partial charge is 0.124 e. The molecule has 3 nitrogen and oxygen atoms in total. The lowest BCUT2D eigenvalue weighted by atomic mass is 9.77. The zero-order valence-electron chi connectivity index (χ0n) is 11.1. The van der Waals surface area contributed by atoms with Gasteiger partial charge in [-0.15, -0.1) is 0 Å². The van der Waals surface area contributed by atoms with Crippen molar-refractivity contribution < 1.29 is 5.11 Å². The van der Waals surface area contributed by atoms with Crippen LogP contribution in [0.1, 0.15) is 36.8 Å². The summed E-state index contributed by atoms with van der Waals surface area (Å²) in [4.78, 5) is 2.21. The normalized spacial score (nSPS) is 21.3. The summed E-state index contributed by atoms with van der Waals surface area (Å²) in [7, 11) is 2.08. The maximum absolute atomic E-state index is 10.6. The lowest BCUT2D eigenvalue weighted by Gasteiger charge is -2.29. The molecule has 2 aliphatic rings. The van der Waals surface area contributed by atoms with E-state index in [1.54, 1.807) is 0 Å². The van der Waals surface area contributed by atoms with Crippen LogP contribution in [-0.2, 0) is 11.8 Å². The number of likely N-dealkylation sites (N-methyl/N-ethyl adjacent to an activating group) is 1. The summed E-state index contributed by atoms with van der Waals surface area (Å²) in [5.74, 6) is 0.518. The van der Waals surface area contributed by atoms with Crippen molar-refractivity contribution in [2.45, 2.75) is 37.5 Å². The van der Waals surface area contributed by atoms with Crippen LogP contribution in [0.5, 0.6) is 5.75 Å². The first-order valence-electron chi connectivity index (χ1n) is 6.94. The fourth-order valence-corrected chi connectivity index (χ4v) is 3.69. The lowest BCUT2D eigenvalue weighted by Crippen LogP contribution is -2.32. The van der Waals surface area contributed by atoms with E-state index in [2.05, 4.69) is 24.1 Å². The first-order chi connectivity index (χ1) is 8.68. The van der Waals surface area contributed by atoms with Crippen molar-refractivity contribution in [3.05, 3.63) is 23.3 Å². The quantitative estimate of drug-likeness (QED) is 0.840. The second kappa shape index (κ2) is 4.16. The van der Waals surface area contributed by atoms with Gasteiger partial charge in [0.1, 0.15) is 5.75 Å². The highest BCUT2D eigenvalue weighted by molar-refractivity contribution is 5.65. The Balaban J connectivity index is 2.09. The van der Waals surface area contributed by atoms with Gasteiger partial charge in [0.05, 0.1) is 0 Å². The summed E-state index contributed by atoms with van der Waals surface area (Å²) >= 11 is 0. The van der Waals surface area contributed by atoms with Gasteiger partial charge in [-0.05, 0) is 25.3 Å². The van der Waals surface area contributed by atoms with E-state index < -0.39 is 0 Å². The van der Waals surface area contributed by atoms with E-state index in [0.717, 1.165) is 36.9 Å². The van der Waals surface area contributed by atoms with Crippen molar-refractivity contribution in [1.82, 2.24) is 0 Å². The molecule has 0 unspecified atom stereocenters. The minimum absolute atomic E-state index is 0.0281. The molecular formula is C15H22N2O. The fourth-order valence-electron chi connectivity index (χ4n) is 3.69. The highest BCUT2D eigenvalue weighted by Crippen LogP contribution is 2.47. The monoisotopic (exact) mass is 246 g/mol. The first kappa shape index (κ1) is 11.8. The van der Waals surface area contributed by atoms with Gasteiger partial charge in [-0.25, -0.2) is 0 Å². The minimum atomic E-state index is 0.0281. The van der Waals surface area contributed by atoms with Gasteiger partial charge in [0.25, 0.3) is 0 Å². The van der Waals surface area contributed by atoms with E-state index in [1.165, 1.54) is 18.5 Å². The average Bonchev–Trinajstić information content (AvgIpc) is 2.99. The topological polar surface area (TPSA) is 49.5 Å². The number of hydrogen-bond donors (Lipinski definition) is 2. The van der Waals surface area contributed by atoms with E-state index in [1.807, 2.05) is 0 Å². The number of hydrogen-bond acceptors (Lipinski definition) is 3. The molecule has 1 heterocycles. The molecule has 3 heteroatoms. The van der Waals surface area contributed by atoms with E-state index in [0.29, 0.717) is 12.3 Å². The van der Waals surface area contributed by atoms with Gasteiger partial charge in [-0.1, -0.05) is 18.9 Å². The molecule has 1 aromatic rings. The van der Waals surface area contributed by atoms with E-state index in [4.69, 9.17) is 5.73 Å². The molecule has 1 fully saturated rings. The largest absolute Gasteiger partial charge is 0.507 e. The predicted molar refractivity (Wildman–Crippen MR) is 74.3 cm³/mol. The number of nitrogens with zero attached hydrogens (tertiary/aromatic N) is 1. The Bertz CT molecular complexity index is 464. The Morgan fingerprint density at radius 3 is 2.72 bits per heavy atom. The Hall–Kier alpha value is -1.22. The van der Waals surface area contributed by atoms with Gasteiger partial charge in [0.15, 0.2) is 0 Å². The summed E-state index contributed by atoms with van der Waals surface area (Å²) in [5.41, 5.74) is 9.44. The van der Waals surface area contributed by atoms with Crippen molar-refractivity contribution in [1.29, 1.82) is 0 Å². The summed E-state index contributed by atoms with van der Waals surface area (Å²) in [6.45, 7) is 1.65. The van der Waals surface area contributed by atoms with E-state index >= 15 is 0 Å². The molecule has 1 saturated carbocycles. The highest BCUT2D eigenvalue weighted by Gasteiger charge is 2.37. The van der Waals surface area contributed by atoms with Crippen molar-refractivity contribution in [3.8, 4) is 5.75 Å². The molecule has 0 amide bonds. The van der Waals surface area contributed by atoms with Crippen LogP contribution in [0, 0.1) is 0 Å². The van der Waals surface area contributed by atoms with Crippen LogP contribution in [0.2, 0.25) is 0 Å². The number of benzene rings is 1. The molecule has 0 saturated heterocycles. The van der Waals surface area contributed by atoms with Crippen LogP contribution in [0.15, 0.2) is 12.1 Å². The zero-order valence-corrected chi connectivity index (χ0v) is 11.1. The SMILES string of the molecule is CN1CCc2c1ccc(C1(CN)CCCC1)c2O. The van der Waals surface area contributed by atoms with Crippen LogP contribution in [0.25, 0.3) is 0 Å². The van der Waals surface area contributed by atoms with Crippen molar-refractivity contribution in [2.75, 3.05) is 25.0 Å². The third-order valence-corrected chi connectivity index (χ3v) is 4.89. The number of phenols is 1. The molecule has 0 aromatic heterocycles. The van der Waals surface area contributed by atoms with Crippen molar-refractivity contribution in [3.63, 3.8) is 0 Å². The van der Waals surface area contributed by atoms with E-state index in [-0.39, 0.29) is 5.41 Å². The number of fused-ring (bicyclic) bond motifs is 1. The summed E-state index contributed by atoms with van der Waals surface area (Å²) in [5, 5.41) is 10.6. The highest BCUT2D eigenvalue weighted by atomic mass is 16.3. The Labute approximate surface area is 109 Å². The summed E-state index contributed by atoms with van der Waals surface area (Å²) in [6.07, 6.45) is 5.64. The second-order valence-corrected chi connectivity index (χ2v) is 5.82. The molecule has 0 radical (unpaired) electrons. The third-order valence-electron chi connectivity index (χ3n) is 4.89. The van der Waals surface area contributed by atoms with Crippen LogP contribution in [-0.4, -0.2) is 25.2 Å². The maximum atomic E-state index is 10.6. The van der Waals surface area contributed by atoms with Crippen molar-refractivity contribution in [2.24, 2.45) is 5.73 Å². The molecule has 1 aliphatic carbocycles. The fraction of sp³-hybridized carbons (Fsp3) is 0.600. The minimum Gasteiger partial charge on any atom is -0.507 e. The van der Waals surface area contributed by atoms with Gasteiger partial charge in [-0.2, -0.15) is 0 Å². The first-order valence-corrected chi connectivity index (χ1v) is 6.94. The molecule has 0 atom stereocenters. The molecule has 3 N–H and O–H groups in total. The van der Waals surface area contributed by atoms with Gasteiger partial charge in [0, 0.05) is 42.4 Å². The molecular weight excluding hydrogens is 224 g/mol. The Morgan fingerprint density at radius 1 is 1.33 bits per heavy atom. The summed E-state index contributed by atoms with van der Waals surface area (Å²) < 4.78 is 0. The number of nitrogens with two attached hydrogens (primary N) is 1. The van der Waals surface area contributed by atoms with Crippen LogP contribution >= 0.6 is 0 Å². The van der Waals surface area contributed by atoms with Crippen LogP contribution < -0.4 is 10.6 Å². The van der Waals surface area contributed by atoms with Gasteiger partial charge in [-0.3, -0.25) is 0 Å². The molecule has 18 heavy (non-hydrogen) atoms. The van der Waals surface area contributed by atoms with Crippen molar-refractivity contribution >= 4 is 5.69 Å². The number of aromatic hydroxyl groups is 1. The molecule has 1 aliphatic heterocycles. The molecule has 0 bridgehead atoms. The molecule has 0 spiro atoms. The Kier molecular flexibility index (Phi) is 2.74. The standard InChI is InChI=1S/C15H22N2O/c1-17-9-6-11-13(17)5-4-12(14(11)18)15(10-16)7-2-3-8-15/h4-5,18H,2-3,6-10,16H2,1H3.